The summed E-state index contributed by atoms with van der Waals surface area (Å²) in [6.45, 7) is 1.71. The molecule has 0 aromatic carbocycles. The summed E-state index contributed by atoms with van der Waals surface area (Å²) in [5.74, 6) is -0.800. The van der Waals surface area contributed by atoms with Gasteiger partial charge in [0, 0.05) is 12.3 Å². The van der Waals surface area contributed by atoms with E-state index in [2.05, 4.69) is 4.98 Å². The second-order valence-electron chi connectivity index (χ2n) is 4.09. The van der Waals surface area contributed by atoms with E-state index in [0.29, 0.717) is 5.56 Å². The number of carbonyl (C=O) groups excluding carboxylic acids is 2. The van der Waals surface area contributed by atoms with Gasteiger partial charge in [0.2, 0.25) is 11.6 Å². The number of aryl methyl sites for hydroxylation is 1. The molecule has 0 radical (unpaired) electrons. The van der Waals surface area contributed by atoms with E-state index in [9.17, 15) is 19.7 Å². The Bertz CT molecular complexity index is 763. The summed E-state index contributed by atoms with van der Waals surface area (Å²) in [7, 11) is 0. The largest absolute Gasteiger partial charge is 0.325 e. The number of fused-ring (bicyclic) bond motifs is 2. The molecule has 3 rings (SSSR count). The quantitative estimate of drug-likeness (QED) is 0.501. The Morgan fingerprint density at radius 3 is 2.74 bits per heavy atom. The van der Waals surface area contributed by atoms with E-state index >= 15 is 0 Å². The topological polar surface area (TPSA) is 90.2 Å². The van der Waals surface area contributed by atoms with Crippen LogP contribution in [0, 0.1) is 17.0 Å². The van der Waals surface area contributed by atoms with Gasteiger partial charge in [-0.2, -0.15) is 0 Å². The van der Waals surface area contributed by atoms with E-state index in [1.165, 1.54) is 6.20 Å². The lowest BCUT2D eigenvalue weighted by Crippen LogP contribution is -2.21. The highest BCUT2D eigenvalue weighted by Crippen LogP contribution is 2.36. The van der Waals surface area contributed by atoms with Gasteiger partial charge in [0.25, 0.3) is 0 Å². The first-order valence-corrected chi connectivity index (χ1v) is 6.15. The fraction of sp³-hybridized carbons (Fsp3) is 0.0833. The first-order chi connectivity index (χ1) is 9.00. The predicted molar refractivity (Wildman–Crippen MR) is 66.8 cm³/mol. The lowest BCUT2D eigenvalue weighted by atomic mass is 9.90. The van der Waals surface area contributed by atoms with Gasteiger partial charge < -0.3 is 0 Å². The molecule has 2 aromatic rings. The SMILES string of the molecule is Cc1ccnc2c1C(=O)c1sc([N+](=O)[O-])cc1C2=O. The molecule has 0 bridgehead atoms. The first-order valence-electron chi connectivity index (χ1n) is 5.34. The normalized spacial score (nSPS) is 13.1. The van der Waals surface area contributed by atoms with Crippen LogP contribution in [0.15, 0.2) is 18.3 Å². The molecule has 2 heterocycles. The summed E-state index contributed by atoms with van der Waals surface area (Å²) in [5.41, 5.74) is 1.04. The van der Waals surface area contributed by atoms with Gasteiger partial charge in [0.15, 0.2) is 0 Å². The van der Waals surface area contributed by atoms with Crippen LogP contribution in [0.2, 0.25) is 0 Å². The van der Waals surface area contributed by atoms with Gasteiger partial charge in [0.05, 0.1) is 20.9 Å². The van der Waals surface area contributed by atoms with Crippen LogP contribution in [-0.2, 0) is 0 Å². The van der Waals surface area contributed by atoms with Crippen molar-refractivity contribution in [1.29, 1.82) is 0 Å². The molecule has 0 saturated carbocycles. The zero-order chi connectivity index (χ0) is 13.7. The van der Waals surface area contributed by atoms with Crippen molar-refractivity contribution >= 4 is 27.9 Å². The molecule has 0 fully saturated rings. The molecular formula is C12H6N2O4S. The zero-order valence-electron chi connectivity index (χ0n) is 9.67. The van der Waals surface area contributed by atoms with Crippen LogP contribution in [0.1, 0.15) is 36.9 Å². The van der Waals surface area contributed by atoms with E-state index < -0.39 is 10.7 Å². The van der Waals surface area contributed by atoms with Crippen molar-refractivity contribution < 1.29 is 14.5 Å². The summed E-state index contributed by atoms with van der Waals surface area (Å²) in [4.78, 5) is 38.7. The number of pyridine rings is 1. The number of rotatable bonds is 1. The average molecular weight is 274 g/mol. The third-order valence-electron chi connectivity index (χ3n) is 2.95. The Hall–Kier alpha value is -2.41. The molecule has 0 unspecified atom stereocenters. The van der Waals surface area contributed by atoms with Gasteiger partial charge in [-0.15, -0.1) is 0 Å². The summed E-state index contributed by atoms with van der Waals surface area (Å²) >= 11 is 0.730. The maximum absolute atomic E-state index is 12.3. The minimum Gasteiger partial charge on any atom is -0.288 e. The highest BCUT2D eigenvalue weighted by molar-refractivity contribution is 7.17. The second kappa shape index (κ2) is 3.79. The number of nitro groups is 1. The van der Waals surface area contributed by atoms with Crippen molar-refractivity contribution in [2.45, 2.75) is 6.92 Å². The summed E-state index contributed by atoms with van der Waals surface area (Å²) in [6, 6.07) is 2.78. The van der Waals surface area contributed by atoms with Gasteiger partial charge in [-0.25, -0.2) is 0 Å². The van der Waals surface area contributed by atoms with E-state index in [0.717, 1.165) is 17.4 Å². The molecule has 0 aliphatic heterocycles. The number of carbonyl (C=O) groups is 2. The van der Waals surface area contributed by atoms with Crippen molar-refractivity contribution in [3.63, 3.8) is 0 Å². The third-order valence-corrected chi connectivity index (χ3v) is 4.04. The summed E-state index contributed by atoms with van der Waals surface area (Å²) in [5, 5.41) is 10.5. The van der Waals surface area contributed by atoms with Crippen molar-refractivity contribution in [2.24, 2.45) is 0 Å². The first kappa shape index (κ1) is 11.7. The smallest absolute Gasteiger partial charge is 0.288 e. The Morgan fingerprint density at radius 2 is 2.05 bits per heavy atom. The average Bonchev–Trinajstić information content (AvgIpc) is 2.81. The van der Waals surface area contributed by atoms with Crippen LogP contribution >= 0.6 is 11.3 Å². The molecule has 94 valence electrons. The molecule has 7 heteroatoms. The van der Waals surface area contributed by atoms with Crippen LogP contribution < -0.4 is 0 Å². The standard InChI is InChI=1S/C12H6N2O4S/c1-5-2-3-13-9-8(5)11(16)12-6(10(9)15)4-7(19-12)14(17)18/h2-4H,1H3. The number of nitrogens with zero attached hydrogens (tertiary/aromatic N) is 2. The minimum absolute atomic E-state index is 0.0743. The molecule has 0 amide bonds. The summed E-state index contributed by atoms with van der Waals surface area (Å²) in [6.07, 6.45) is 1.45. The van der Waals surface area contributed by atoms with Crippen LogP contribution in [0.4, 0.5) is 5.00 Å². The molecule has 6 nitrogen and oxygen atoms in total. The summed E-state index contributed by atoms with van der Waals surface area (Å²) < 4.78 is 0. The number of hydrogen-bond donors (Lipinski definition) is 0. The highest BCUT2D eigenvalue weighted by Gasteiger charge is 2.36. The zero-order valence-corrected chi connectivity index (χ0v) is 10.5. The van der Waals surface area contributed by atoms with Gasteiger partial charge in [-0.05, 0) is 18.6 Å². The van der Waals surface area contributed by atoms with Gasteiger partial charge >= 0.3 is 5.00 Å². The van der Waals surface area contributed by atoms with E-state index in [1.807, 2.05) is 0 Å². The van der Waals surface area contributed by atoms with Crippen molar-refractivity contribution in [3.8, 4) is 0 Å². The molecule has 1 aliphatic carbocycles. The molecule has 19 heavy (non-hydrogen) atoms. The molecule has 0 N–H and O–H groups in total. The van der Waals surface area contributed by atoms with Gasteiger partial charge in [-0.1, -0.05) is 11.3 Å². The molecule has 0 atom stereocenters. The fourth-order valence-electron chi connectivity index (χ4n) is 2.06. The molecule has 0 saturated heterocycles. The second-order valence-corrected chi connectivity index (χ2v) is 5.12. The third kappa shape index (κ3) is 1.52. The Labute approximate surface area is 110 Å². The van der Waals surface area contributed by atoms with E-state index in [1.54, 1.807) is 13.0 Å². The Balaban J connectivity index is 2.30. The minimum atomic E-state index is -0.603. The number of thiophene rings is 1. The van der Waals surface area contributed by atoms with Crippen molar-refractivity contribution in [3.05, 3.63) is 55.7 Å². The van der Waals surface area contributed by atoms with Crippen LogP contribution in [-0.4, -0.2) is 21.5 Å². The monoisotopic (exact) mass is 274 g/mol. The number of ketones is 2. The maximum atomic E-state index is 12.3. The van der Waals surface area contributed by atoms with E-state index in [-0.39, 0.29) is 32.5 Å². The Morgan fingerprint density at radius 1 is 1.32 bits per heavy atom. The lowest BCUT2D eigenvalue weighted by molar-refractivity contribution is -0.380. The predicted octanol–water partition coefficient (Wildman–Crippen LogP) is 2.14. The molecule has 2 aromatic heterocycles. The highest BCUT2D eigenvalue weighted by atomic mass is 32.1. The fourth-order valence-corrected chi connectivity index (χ4v) is 2.98. The van der Waals surface area contributed by atoms with E-state index in [4.69, 9.17) is 0 Å². The lowest BCUT2D eigenvalue weighted by Gasteiger charge is -2.14. The molecule has 1 aliphatic rings. The van der Waals surface area contributed by atoms with Crippen LogP contribution in [0.25, 0.3) is 0 Å². The maximum Gasteiger partial charge on any atom is 0.325 e. The van der Waals surface area contributed by atoms with Crippen molar-refractivity contribution in [1.82, 2.24) is 4.98 Å². The van der Waals surface area contributed by atoms with Gasteiger partial charge in [-0.3, -0.25) is 24.7 Å². The number of hydrogen-bond acceptors (Lipinski definition) is 6. The van der Waals surface area contributed by atoms with Crippen molar-refractivity contribution in [2.75, 3.05) is 0 Å². The molecule has 0 spiro atoms. The van der Waals surface area contributed by atoms with Crippen LogP contribution in [0.5, 0.6) is 0 Å². The Kier molecular flexibility index (Phi) is 2.33. The van der Waals surface area contributed by atoms with Crippen LogP contribution in [0.3, 0.4) is 0 Å². The molecular weight excluding hydrogens is 268 g/mol. The van der Waals surface area contributed by atoms with Gasteiger partial charge in [0.1, 0.15) is 5.69 Å². The number of aromatic nitrogens is 1.